The van der Waals surface area contributed by atoms with E-state index in [1.807, 2.05) is 79.7 Å². The predicted octanol–water partition coefficient (Wildman–Crippen LogP) is 5.64. The Morgan fingerprint density at radius 1 is 0.964 bits per heavy atom. The quantitative estimate of drug-likeness (QED) is 0.538. The van der Waals surface area contributed by atoms with Gasteiger partial charge in [-0.15, -0.1) is 0 Å². The Bertz CT molecular complexity index is 914. The first-order chi connectivity index (χ1) is 13.7. The fraction of sp³-hybridized carbons (Fsp3) is 0.174. The van der Waals surface area contributed by atoms with E-state index >= 15 is 0 Å². The van der Waals surface area contributed by atoms with Gasteiger partial charge < -0.3 is 14.8 Å². The van der Waals surface area contributed by atoms with Crippen molar-refractivity contribution >= 4 is 23.4 Å². The van der Waals surface area contributed by atoms with Crippen molar-refractivity contribution in [1.29, 1.82) is 0 Å². The summed E-state index contributed by atoms with van der Waals surface area (Å²) in [5.74, 6) is 1.12. The number of methoxy groups -OCH3 is 1. The van der Waals surface area contributed by atoms with Crippen LogP contribution < -0.4 is 14.8 Å². The number of para-hydroxylation sites is 1. The Kier molecular flexibility index (Phi) is 6.98. The van der Waals surface area contributed by atoms with E-state index in [0.29, 0.717) is 17.9 Å². The third kappa shape index (κ3) is 5.30. The van der Waals surface area contributed by atoms with Crippen LogP contribution in [0.1, 0.15) is 13.3 Å². The third-order valence-corrected chi connectivity index (χ3v) is 5.18. The molecule has 1 amide bonds. The molecule has 3 aromatic carbocycles. The molecule has 4 nitrogen and oxygen atoms in total. The molecule has 0 aliphatic carbocycles. The van der Waals surface area contributed by atoms with Gasteiger partial charge in [-0.05, 0) is 42.8 Å². The number of hydrogen-bond donors (Lipinski definition) is 1. The van der Waals surface area contributed by atoms with E-state index in [0.717, 1.165) is 15.5 Å². The lowest BCUT2D eigenvalue weighted by molar-refractivity contribution is -0.122. The lowest BCUT2D eigenvalue weighted by Crippen LogP contribution is -2.32. The second-order valence-corrected chi connectivity index (χ2v) is 7.21. The van der Waals surface area contributed by atoms with Gasteiger partial charge in [0.1, 0.15) is 11.5 Å². The van der Waals surface area contributed by atoms with Crippen molar-refractivity contribution in [2.24, 2.45) is 0 Å². The van der Waals surface area contributed by atoms with Gasteiger partial charge >= 0.3 is 0 Å². The van der Waals surface area contributed by atoms with E-state index in [1.165, 1.54) is 0 Å². The number of rotatable bonds is 8. The number of hydrogen-bond acceptors (Lipinski definition) is 4. The number of amides is 1. The summed E-state index contributed by atoms with van der Waals surface area (Å²) < 4.78 is 11.1. The zero-order valence-corrected chi connectivity index (χ0v) is 16.7. The first-order valence-electron chi connectivity index (χ1n) is 9.13. The zero-order chi connectivity index (χ0) is 19.8. The fourth-order valence-corrected chi connectivity index (χ4v) is 3.57. The Labute approximate surface area is 169 Å². The van der Waals surface area contributed by atoms with Crippen molar-refractivity contribution < 1.29 is 14.3 Å². The topological polar surface area (TPSA) is 47.6 Å². The van der Waals surface area contributed by atoms with Crippen LogP contribution in [-0.2, 0) is 4.79 Å². The number of anilines is 1. The summed E-state index contributed by atoms with van der Waals surface area (Å²) in [5, 5.41) is 3.01. The van der Waals surface area contributed by atoms with Crippen molar-refractivity contribution in [3.63, 3.8) is 0 Å². The minimum atomic E-state index is -0.595. The van der Waals surface area contributed by atoms with Gasteiger partial charge in [-0.1, -0.05) is 55.1 Å². The minimum absolute atomic E-state index is 0.175. The average Bonchev–Trinajstić information content (AvgIpc) is 2.74. The fourth-order valence-electron chi connectivity index (χ4n) is 2.65. The molecule has 0 unspecified atom stereocenters. The summed E-state index contributed by atoms with van der Waals surface area (Å²) in [7, 11) is 1.60. The summed E-state index contributed by atoms with van der Waals surface area (Å²) in [6.07, 6.45) is -0.0429. The molecule has 3 rings (SSSR count). The number of nitrogens with one attached hydrogen (secondary N) is 1. The molecule has 1 atom stereocenters. The number of ether oxygens (including phenoxy) is 2. The summed E-state index contributed by atoms with van der Waals surface area (Å²) in [6.45, 7) is 1.93. The van der Waals surface area contributed by atoms with Crippen LogP contribution in [0.4, 0.5) is 5.69 Å². The van der Waals surface area contributed by atoms with Crippen LogP contribution in [0.15, 0.2) is 88.7 Å². The Morgan fingerprint density at radius 2 is 1.68 bits per heavy atom. The second kappa shape index (κ2) is 9.85. The molecule has 3 aromatic rings. The minimum Gasteiger partial charge on any atom is -0.497 e. The normalized spacial score (nSPS) is 11.5. The third-order valence-electron chi connectivity index (χ3n) is 4.10. The summed E-state index contributed by atoms with van der Waals surface area (Å²) in [6, 6.07) is 25.1. The van der Waals surface area contributed by atoms with Crippen molar-refractivity contribution in [3.8, 4) is 11.5 Å². The van der Waals surface area contributed by atoms with Crippen LogP contribution in [0.3, 0.4) is 0 Å². The maximum absolute atomic E-state index is 12.8. The molecule has 0 aliphatic rings. The smallest absolute Gasteiger partial charge is 0.265 e. The van der Waals surface area contributed by atoms with Crippen LogP contribution in [0, 0.1) is 0 Å². The molecule has 0 bridgehead atoms. The largest absolute Gasteiger partial charge is 0.497 e. The molecule has 0 heterocycles. The molecular weight excluding hydrogens is 370 g/mol. The summed E-state index contributed by atoms with van der Waals surface area (Å²) in [4.78, 5) is 14.9. The molecule has 0 saturated carbocycles. The van der Waals surface area contributed by atoms with Crippen LogP contribution in [0.25, 0.3) is 0 Å². The van der Waals surface area contributed by atoms with Crippen LogP contribution >= 0.6 is 11.8 Å². The molecule has 144 valence electrons. The van der Waals surface area contributed by atoms with E-state index in [4.69, 9.17) is 9.47 Å². The van der Waals surface area contributed by atoms with E-state index in [9.17, 15) is 4.79 Å². The van der Waals surface area contributed by atoms with Crippen molar-refractivity contribution in [3.05, 3.63) is 78.9 Å². The zero-order valence-electron chi connectivity index (χ0n) is 15.9. The molecule has 0 radical (unpaired) electrons. The molecule has 0 fully saturated rings. The Morgan fingerprint density at radius 3 is 2.43 bits per heavy atom. The highest BCUT2D eigenvalue weighted by Gasteiger charge is 2.20. The number of carbonyl (C=O) groups excluding carboxylic acids is 1. The van der Waals surface area contributed by atoms with Crippen LogP contribution in [-0.4, -0.2) is 19.1 Å². The SMILES string of the molecule is CC[C@@H](Oc1cccc(OC)c1)C(=O)Nc1ccccc1Sc1ccccc1. The van der Waals surface area contributed by atoms with Gasteiger partial charge in [-0.2, -0.15) is 0 Å². The van der Waals surface area contributed by atoms with Gasteiger partial charge in [0.05, 0.1) is 12.8 Å². The van der Waals surface area contributed by atoms with Crippen LogP contribution in [0.5, 0.6) is 11.5 Å². The first-order valence-corrected chi connectivity index (χ1v) is 9.94. The first kappa shape index (κ1) is 19.8. The monoisotopic (exact) mass is 393 g/mol. The van der Waals surface area contributed by atoms with Gasteiger partial charge in [-0.3, -0.25) is 4.79 Å². The lowest BCUT2D eigenvalue weighted by Gasteiger charge is -2.19. The van der Waals surface area contributed by atoms with Crippen molar-refractivity contribution in [2.75, 3.05) is 12.4 Å². The Hall–Kier alpha value is -2.92. The molecule has 0 aromatic heterocycles. The van der Waals surface area contributed by atoms with Crippen molar-refractivity contribution in [2.45, 2.75) is 29.2 Å². The summed E-state index contributed by atoms with van der Waals surface area (Å²) in [5.41, 5.74) is 0.772. The number of carbonyl (C=O) groups is 1. The molecule has 5 heteroatoms. The highest BCUT2D eigenvalue weighted by atomic mass is 32.2. The van der Waals surface area contributed by atoms with Crippen molar-refractivity contribution in [1.82, 2.24) is 0 Å². The van der Waals surface area contributed by atoms with Gasteiger partial charge in [-0.25, -0.2) is 0 Å². The highest BCUT2D eigenvalue weighted by molar-refractivity contribution is 7.99. The molecule has 0 saturated heterocycles. The van der Waals surface area contributed by atoms with Crippen LogP contribution in [0.2, 0.25) is 0 Å². The van der Waals surface area contributed by atoms with Gasteiger partial charge in [0.2, 0.25) is 0 Å². The lowest BCUT2D eigenvalue weighted by atomic mass is 10.2. The van der Waals surface area contributed by atoms with E-state index in [2.05, 4.69) is 5.32 Å². The standard InChI is InChI=1S/C23H23NO3S/c1-3-21(27-18-11-9-10-17(16-18)26-2)23(25)24-20-14-7-8-15-22(20)28-19-12-5-4-6-13-19/h4-16,21H,3H2,1-2H3,(H,24,25)/t21-/m1/s1. The predicted molar refractivity (Wildman–Crippen MR) is 113 cm³/mol. The van der Waals surface area contributed by atoms with E-state index in [1.54, 1.807) is 24.9 Å². The highest BCUT2D eigenvalue weighted by Crippen LogP contribution is 2.33. The average molecular weight is 394 g/mol. The maximum Gasteiger partial charge on any atom is 0.265 e. The second-order valence-electron chi connectivity index (χ2n) is 6.09. The summed E-state index contributed by atoms with van der Waals surface area (Å²) >= 11 is 1.61. The van der Waals surface area contributed by atoms with E-state index in [-0.39, 0.29) is 5.91 Å². The molecular formula is C23H23NO3S. The van der Waals surface area contributed by atoms with Gasteiger partial charge in [0, 0.05) is 15.9 Å². The van der Waals surface area contributed by atoms with E-state index < -0.39 is 6.10 Å². The molecule has 28 heavy (non-hydrogen) atoms. The Balaban J connectivity index is 1.72. The van der Waals surface area contributed by atoms with Gasteiger partial charge in [0.25, 0.3) is 5.91 Å². The maximum atomic E-state index is 12.8. The molecule has 0 aliphatic heterocycles. The van der Waals surface area contributed by atoms with Gasteiger partial charge in [0.15, 0.2) is 6.10 Å². The number of benzene rings is 3. The molecule has 1 N–H and O–H groups in total. The molecule has 0 spiro atoms.